The number of amides is 2. The van der Waals surface area contributed by atoms with Crippen LogP contribution in [0.5, 0.6) is 0 Å². The van der Waals surface area contributed by atoms with Crippen LogP contribution in [0.1, 0.15) is 39.5 Å². The molecule has 1 aliphatic rings. The average Bonchev–Trinajstić information content (AvgIpc) is 2.76. The highest BCUT2D eigenvalue weighted by Gasteiger charge is 2.33. The first-order valence-corrected chi connectivity index (χ1v) is 6.70. The molecule has 0 spiro atoms. The smallest absolute Gasteiger partial charge is 0.306 e. The Hall–Kier alpha value is -1.59. The number of carboxylic acids is 1. The van der Waals surface area contributed by atoms with Crippen LogP contribution >= 0.6 is 0 Å². The molecular formula is C13H22N2O4. The van der Waals surface area contributed by atoms with Crippen LogP contribution in [0.2, 0.25) is 0 Å². The minimum absolute atomic E-state index is 0.0920. The molecule has 1 fully saturated rings. The Morgan fingerprint density at radius 2 is 1.84 bits per heavy atom. The van der Waals surface area contributed by atoms with Crippen molar-refractivity contribution >= 4 is 17.8 Å². The summed E-state index contributed by atoms with van der Waals surface area (Å²) in [5, 5.41) is 14.3. The zero-order valence-electron chi connectivity index (χ0n) is 11.4. The Balaban J connectivity index is 2.22. The van der Waals surface area contributed by atoms with E-state index in [9.17, 15) is 14.4 Å². The monoisotopic (exact) mass is 270 g/mol. The normalized spacial score (nSPS) is 22.3. The molecule has 0 aromatic heterocycles. The number of carbonyl (C=O) groups is 3. The fraction of sp³-hybridized carbons (Fsp3) is 0.769. The highest BCUT2D eigenvalue weighted by molar-refractivity contribution is 5.82. The molecule has 0 bridgehead atoms. The number of carbonyl (C=O) groups excluding carboxylic acids is 2. The molecular weight excluding hydrogens is 248 g/mol. The third-order valence-electron chi connectivity index (χ3n) is 3.25. The fourth-order valence-corrected chi connectivity index (χ4v) is 2.28. The molecule has 0 saturated heterocycles. The van der Waals surface area contributed by atoms with E-state index in [1.807, 2.05) is 13.8 Å². The molecule has 1 rings (SSSR count). The lowest BCUT2D eigenvalue weighted by atomic mass is 10.0. The van der Waals surface area contributed by atoms with Crippen molar-refractivity contribution in [2.45, 2.75) is 45.6 Å². The van der Waals surface area contributed by atoms with Crippen molar-refractivity contribution in [3.8, 4) is 0 Å². The summed E-state index contributed by atoms with van der Waals surface area (Å²) in [6.07, 6.45) is 1.82. The number of carboxylic acid groups (broad SMARTS) is 1. The number of rotatable bonds is 6. The Morgan fingerprint density at radius 1 is 1.21 bits per heavy atom. The summed E-state index contributed by atoms with van der Waals surface area (Å²) >= 11 is 0. The summed E-state index contributed by atoms with van der Waals surface area (Å²) in [6.45, 7) is 4.05. The zero-order chi connectivity index (χ0) is 14.4. The Labute approximate surface area is 112 Å². The van der Waals surface area contributed by atoms with Gasteiger partial charge in [-0.3, -0.25) is 14.4 Å². The SMILES string of the molecule is CC(C)NC(=O)CCNC(=O)[C@@H]1CC[C@H](C(=O)O)C1. The van der Waals surface area contributed by atoms with E-state index >= 15 is 0 Å². The molecule has 19 heavy (non-hydrogen) atoms. The minimum Gasteiger partial charge on any atom is -0.481 e. The second-order valence-corrected chi connectivity index (χ2v) is 5.31. The lowest BCUT2D eigenvalue weighted by Crippen LogP contribution is -2.35. The Kier molecular flexibility index (Phi) is 5.79. The zero-order valence-corrected chi connectivity index (χ0v) is 11.4. The van der Waals surface area contributed by atoms with E-state index in [1.54, 1.807) is 0 Å². The molecule has 6 heteroatoms. The van der Waals surface area contributed by atoms with Crippen LogP contribution in [-0.2, 0) is 14.4 Å². The highest BCUT2D eigenvalue weighted by Crippen LogP contribution is 2.30. The third-order valence-corrected chi connectivity index (χ3v) is 3.25. The second-order valence-electron chi connectivity index (χ2n) is 5.31. The van der Waals surface area contributed by atoms with Crippen molar-refractivity contribution in [2.24, 2.45) is 11.8 Å². The van der Waals surface area contributed by atoms with Gasteiger partial charge in [-0.15, -0.1) is 0 Å². The van der Waals surface area contributed by atoms with Gasteiger partial charge in [0.25, 0.3) is 0 Å². The van der Waals surface area contributed by atoms with Gasteiger partial charge in [0, 0.05) is 24.9 Å². The van der Waals surface area contributed by atoms with E-state index in [2.05, 4.69) is 10.6 Å². The summed E-state index contributed by atoms with van der Waals surface area (Å²) < 4.78 is 0. The quantitative estimate of drug-likeness (QED) is 0.655. The number of nitrogens with one attached hydrogen (secondary N) is 2. The molecule has 0 unspecified atom stereocenters. The van der Waals surface area contributed by atoms with Crippen molar-refractivity contribution in [1.82, 2.24) is 10.6 Å². The number of aliphatic carboxylic acids is 1. The maximum absolute atomic E-state index is 11.8. The predicted molar refractivity (Wildman–Crippen MR) is 69.4 cm³/mol. The fourth-order valence-electron chi connectivity index (χ4n) is 2.28. The van der Waals surface area contributed by atoms with Crippen molar-refractivity contribution < 1.29 is 19.5 Å². The summed E-state index contributed by atoms with van der Waals surface area (Å²) in [7, 11) is 0. The molecule has 0 aromatic carbocycles. The van der Waals surface area contributed by atoms with Crippen molar-refractivity contribution in [3.63, 3.8) is 0 Å². The van der Waals surface area contributed by atoms with Crippen molar-refractivity contribution in [2.75, 3.05) is 6.54 Å². The first kappa shape index (κ1) is 15.5. The molecule has 0 radical (unpaired) electrons. The molecule has 0 aliphatic heterocycles. The lowest BCUT2D eigenvalue weighted by molar-refractivity contribution is -0.141. The third kappa shape index (κ3) is 5.28. The molecule has 1 saturated carbocycles. The van der Waals surface area contributed by atoms with Gasteiger partial charge in [-0.25, -0.2) is 0 Å². The Bertz CT molecular complexity index is 355. The van der Waals surface area contributed by atoms with Gasteiger partial charge in [0.1, 0.15) is 0 Å². The molecule has 6 nitrogen and oxygen atoms in total. The summed E-state index contributed by atoms with van der Waals surface area (Å²) in [5.74, 6) is -1.69. The van der Waals surface area contributed by atoms with Gasteiger partial charge in [0.05, 0.1) is 5.92 Å². The molecule has 2 amide bonds. The van der Waals surface area contributed by atoms with Crippen molar-refractivity contribution in [1.29, 1.82) is 0 Å². The van der Waals surface area contributed by atoms with E-state index in [0.717, 1.165) is 0 Å². The van der Waals surface area contributed by atoms with Gasteiger partial charge >= 0.3 is 5.97 Å². The maximum atomic E-state index is 11.8. The van der Waals surface area contributed by atoms with Crippen LogP contribution in [-0.4, -0.2) is 35.5 Å². The predicted octanol–water partition coefficient (Wildman–Crippen LogP) is 0.518. The van der Waals surface area contributed by atoms with E-state index in [-0.39, 0.29) is 30.2 Å². The molecule has 1 aliphatic carbocycles. The second kappa shape index (κ2) is 7.11. The van der Waals surface area contributed by atoms with Gasteiger partial charge in [0.2, 0.25) is 11.8 Å². The molecule has 2 atom stereocenters. The lowest BCUT2D eigenvalue weighted by Gasteiger charge is -2.11. The summed E-state index contributed by atoms with van der Waals surface area (Å²) in [6, 6.07) is 0.0920. The van der Waals surface area contributed by atoms with Crippen LogP contribution in [0.25, 0.3) is 0 Å². The van der Waals surface area contributed by atoms with Gasteiger partial charge in [-0.2, -0.15) is 0 Å². The van der Waals surface area contributed by atoms with Crippen LogP contribution in [0.15, 0.2) is 0 Å². The van der Waals surface area contributed by atoms with Gasteiger partial charge in [-0.05, 0) is 33.1 Å². The van der Waals surface area contributed by atoms with E-state index < -0.39 is 11.9 Å². The first-order valence-electron chi connectivity index (χ1n) is 6.70. The molecule has 0 heterocycles. The van der Waals surface area contributed by atoms with Crippen LogP contribution in [0.3, 0.4) is 0 Å². The molecule has 108 valence electrons. The topological polar surface area (TPSA) is 95.5 Å². The van der Waals surface area contributed by atoms with Crippen LogP contribution in [0, 0.1) is 11.8 Å². The highest BCUT2D eigenvalue weighted by atomic mass is 16.4. The van der Waals surface area contributed by atoms with E-state index in [1.165, 1.54) is 0 Å². The Morgan fingerprint density at radius 3 is 2.37 bits per heavy atom. The van der Waals surface area contributed by atoms with Crippen molar-refractivity contribution in [3.05, 3.63) is 0 Å². The molecule has 3 N–H and O–H groups in total. The number of hydrogen-bond acceptors (Lipinski definition) is 3. The van der Waals surface area contributed by atoms with Gasteiger partial charge in [-0.1, -0.05) is 0 Å². The minimum atomic E-state index is -0.827. The summed E-state index contributed by atoms with van der Waals surface area (Å²) in [4.78, 5) is 33.9. The van der Waals surface area contributed by atoms with Gasteiger partial charge < -0.3 is 15.7 Å². The van der Waals surface area contributed by atoms with Crippen LogP contribution in [0.4, 0.5) is 0 Å². The largest absolute Gasteiger partial charge is 0.481 e. The van der Waals surface area contributed by atoms with E-state index in [4.69, 9.17) is 5.11 Å². The van der Waals surface area contributed by atoms with Crippen LogP contribution < -0.4 is 10.6 Å². The first-order chi connectivity index (χ1) is 8.90. The molecule has 0 aromatic rings. The number of hydrogen-bond donors (Lipinski definition) is 3. The summed E-state index contributed by atoms with van der Waals surface area (Å²) in [5.41, 5.74) is 0. The van der Waals surface area contributed by atoms with Gasteiger partial charge in [0.15, 0.2) is 0 Å². The average molecular weight is 270 g/mol. The van der Waals surface area contributed by atoms with E-state index in [0.29, 0.717) is 25.8 Å². The maximum Gasteiger partial charge on any atom is 0.306 e. The standard InChI is InChI=1S/C13H22N2O4/c1-8(2)15-11(16)5-6-14-12(17)9-3-4-10(7-9)13(18)19/h8-10H,3-7H2,1-2H3,(H,14,17)(H,15,16)(H,18,19)/t9-,10+/m1/s1.